The summed E-state index contributed by atoms with van der Waals surface area (Å²) in [7, 11) is -5.46. The van der Waals surface area contributed by atoms with Gasteiger partial charge in [-0.1, -0.05) is 0 Å². The van der Waals surface area contributed by atoms with Gasteiger partial charge in [0.25, 0.3) is 10.1 Å². The predicted molar refractivity (Wildman–Crippen MR) is 62.8 cm³/mol. The van der Waals surface area contributed by atoms with Crippen LogP contribution in [0.2, 0.25) is 0 Å². The minimum Gasteiger partial charge on any atom is -0.464 e. The Morgan fingerprint density at radius 2 is 1.62 bits per heavy atom. The number of rotatable bonds is 7. The van der Waals surface area contributed by atoms with Crippen molar-refractivity contribution in [3.05, 3.63) is 0 Å². The molecule has 0 radical (unpaired) electrons. The van der Waals surface area contributed by atoms with Gasteiger partial charge in [-0.3, -0.25) is 14.1 Å². The standard InChI is InChI=1S/C10H15F3O7S/c1-6(2)20-9(15)4-3-8(14)19-5-7(10(11,12)13)21(16,17)18/h6-7H,3-5H2,1-2H3,(H,16,17,18). The molecule has 0 saturated heterocycles. The maximum Gasteiger partial charge on any atom is 0.411 e. The second-order valence-corrected chi connectivity index (χ2v) is 5.87. The van der Waals surface area contributed by atoms with E-state index in [1.807, 2.05) is 0 Å². The van der Waals surface area contributed by atoms with Gasteiger partial charge in [-0.25, -0.2) is 0 Å². The number of alkyl halides is 3. The molecule has 0 aromatic rings. The molecule has 0 fully saturated rings. The molecule has 0 amide bonds. The lowest BCUT2D eigenvalue weighted by atomic mass is 10.3. The molecule has 21 heavy (non-hydrogen) atoms. The van der Waals surface area contributed by atoms with E-state index < -0.39 is 59.0 Å². The molecule has 0 spiro atoms. The Kier molecular flexibility index (Phi) is 7.10. The van der Waals surface area contributed by atoms with E-state index in [4.69, 9.17) is 4.55 Å². The molecule has 124 valence electrons. The molecule has 11 heteroatoms. The Bertz CT molecular complexity index is 470. The van der Waals surface area contributed by atoms with Gasteiger partial charge in [-0.05, 0) is 13.8 Å². The van der Waals surface area contributed by atoms with Crippen LogP contribution >= 0.6 is 0 Å². The van der Waals surface area contributed by atoms with Crippen LogP contribution in [0.4, 0.5) is 13.2 Å². The van der Waals surface area contributed by atoms with Crippen LogP contribution in [-0.4, -0.2) is 49.0 Å². The number of ether oxygens (including phenoxy) is 2. The highest BCUT2D eigenvalue weighted by molar-refractivity contribution is 7.86. The third-order valence-electron chi connectivity index (χ3n) is 2.02. The second kappa shape index (κ2) is 7.59. The number of carbonyl (C=O) groups is 2. The van der Waals surface area contributed by atoms with Crippen LogP contribution in [0.25, 0.3) is 0 Å². The van der Waals surface area contributed by atoms with Crippen molar-refractivity contribution in [1.82, 2.24) is 0 Å². The SMILES string of the molecule is CC(C)OC(=O)CCC(=O)OCC(C(F)(F)F)S(=O)(=O)O. The lowest BCUT2D eigenvalue weighted by Crippen LogP contribution is -2.40. The number of hydrogen-bond acceptors (Lipinski definition) is 6. The quantitative estimate of drug-likeness (QED) is 0.547. The average Bonchev–Trinajstić information content (AvgIpc) is 2.21. The second-order valence-electron chi connectivity index (χ2n) is 4.27. The molecule has 0 aromatic heterocycles. The highest BCUT2D eigenvalue weighted by atomic mass is 32.2. The highest BCUT2D eigenvalue weighted by Gasteiger charge is 2.49. The maximum absolute atomic E-state index is 12.3. The van der Waals surface area contributed by atoms with Crippen LogP contribution in [-0.2, 0) is 29.2 Å². The third-order valence-corrected chi connectivity index (χ3v) is 3.14. The van der Waals surface area contributed by atoms with Gasteiger partial charge in [0, 0.05) is 0 Å². The first kappa shape index (κ1) is 19.6. The molecule has 0 heterocycles. The summed E-state index contributed by atoms with van der Waals surface area (Å²) < 4.78 is 75.3. The Morgan fingerprint density at radius 1 is 1.14 bits per heavy atom. The Labute approximate surface area is 119 Å². The van der Waals surface area contributed by atoms with E-state index in [0.717, 1.165) is 0 Å². The van der Waals surface area contributed by atoms with E-state index in [0.29, 0.717) is 0 Å². The van der Waals surface area contributed by atoms with E-state index in [1.54, 1.807) is 13.8 Å². The van der Waals surface area contributed by atoms with Crippen LogP contribution in [0.5, 0.6) is 0 Å². The Morgan fingerprint density at radius 3 is 2.00 bits per heavy atom. The summed E-state index contributed by atoms with van der Waals surface area (Å²) in [5, 5.41) is -3.23. The fourth-order valence-electron chi connectivity index (χ4n) is 1.12. The predicted octanol–water partition coefficient (Wildman–Crippen LogP) is 1.08. The molecule has 0 aliphatic heterocycles. The van der Waals surface area contributed by atoms with E-state index in [2.05, 4.69) is 9.47 Å². The molecule has 7 nitrogen and oxygen atoms in total. The Balaban J connectivity index is 4.37. The normalized spacial score (nSPS) is 13.9. The zero-order valence-corrected chi connectivity index (χ0v) is 12.0. The van der Waals surface area contributed by atoms with Gasteiger partial charge in [0.2, 0.25) is 5.25 Å². The number of carbonyl (C=O) groups excluding carboxylic acids is 2. The van der Waals surface area contributed by atoms with Crippen molar-refractivity contribution in [2.75, 3.05) is 6.61 Å². The first-order valence-electron chi connectivity index (χ1n) is 5.72. The number of hydrogen-bond donors (Lipinski definition) is 1. The summed E-state index contributed by atoms with van der Waals surface area (Å²) in [6.07, 6.45) is -6.69. The van der Waals surface area contributed by atoms with Crippen molar-refractivity contribution in [1.29, 1.82) is 0 Å². The van der Waals surface area contributed by atoms with Gasteiger partial charge in [-0.15, -0.1) is 0 Å². The van der Waals surface area contributed by atoms with Gasteiger partial charge in [0.15, 0.2) is 0 Å². The molecule has 0 bridgehead atoms. The summed E-state index contributed by atoms with van der Waals surface area (Å²) in [6, 6.07) is 0. The number of halogens is 3. The molecule has 0 rings (SSSR count). The van der Waals surface area contributed by atoms with Crippen molar-refractivity contribution < 1.29 is 45.2 Å². The third kappa shape index (κ3) is 8.50. The smallest absolute Gasteiger partial charge is 0.411 e. The summed E-state index contributed by atoms with van der Waals surface area (Å²) in [5.74, 6) is -1.96. The van der Waals surface area contributed by atoms with Gasteiger partial charge in [0.05, 0.1) is 18.9 Å². The van der Waals surface area contributed by atoms with Gasteiger partial charge >= 0.3 is 18.1 Å². The summed E-state index contributed by atoms with van der Waals surface area (Å²) in [4.78, 5) is 22.2. The summed E-state index contributed by atoms with van der Waals surface area (Å²) >= 11 is 0. The van der Waals surface area contributed by atoms with Crippen molar-refractivity contribution >= 4 is 22.1 Å². The van der Waals surface area contributed by atoms with Gasteiger partial charge in [-0.2, -0.15) is 21.6 Å². The molecular formula is C10H15F3O7S. The van der Waals surface area contributed by atoms with E-state index >= 15 is 0 Å². The molecule has 0 saturated carbocycles. The summed E-state index contributed by atoms with van der Waals surface area (Å²) in [6.45, 7) is 1.55. The van der Waals surface area contributed by atoms with Crippen LogP contribution in [0.15, 0.2) is 0 Å². The molecule has 1 N–H and O–H groups in total. The van der Waals surface area contributed by atoms with E-state index in [9.17, 15) is 31.2 Å². The molecule has 0 aromatic carbocycles. The summed E-state index contributed by atoms with van der Waals surface area (Å²) in [5.41, 5.74) is 0. The molecule has 0 aliphatic carbocycles. The molecule has 0 aliphatic rings. The van der Waals surface area contributed by atoms with Gasteiger partial charge in [0.1, 0.15) is 6.61 Å². The maximum atomic E-state index is 12.3. The Hall–Kier alpha value is -1.36. The van der Waals surface area contributed by atoms with Crippen molar-refractivity contribution in [2.24, 2.45) is 0 Å². The fraction of sp³-hybridized carbons (Fsp3) is 0.800. The average molecular weight is 336 g/mol. The van der Waals surface area contributed by atoms with Crippen molar-refractivity contribution in [3.8, 4) is 0 Å². The minimum absolute atomic E-state index is 0.414. The van der Waals surface area contributed by atoms with E-state index in [-0.39, 0.29) is 0 Å². The monoisotopic (exact) mass is 336 g/mol. The van der Waals surface area contributed by atoms with Crippen LogP contribution < -0.4 is 0 Å². The first-order valence-corrected chi connectivity index (χ1v) is 7.22. The largest absolute Gasteiger partial charge is 0.464 e. The molecular weight excluding hydrogens is 321 g/mol. The van der Waals surface area contributed by atoms with E-state index in [1.165, 1.54) is 0 Å². The molecule has 1 unspecified atom stereocenters. The lowest BCUT2D eigenvalue weighted by Gasteiger charge is -2.17. The topological polar surface area (TPSA) is 107 Å². The van der Waals surface area contributed by atoms with Gasteiger partial charge < -0.3 is 9.47 Å². The zero-order chi connectivity index (χ0) is 16.8. The first-order chi connectivity index (χ1) is 9.34. The fourth-order valence-corrected chi connectivity index (χ4v) is 1.69. The zero-order valence-electron chi connectivity index (χ0n) is 11.2. The van der Waals surface area contributed by atoms with Crippen LogP contribution in [0.3, 0.4) is 0 Å². The highest BCUT2D eigenvalue weighted by Crippen LogP contribution is 2.25. The minimum atomic E-state index is -5.46. The number of esters is 2. The van der Waals surface area contributed by atoms with Crippen LogP contribution in [0.1, 0.15) is 26.7 Å². The molecule has 1 atom stereocenters. The van der Waals surface area contributed by atoms with Crippen LogP contribution in [0, 0.1) is 0 Å². The lowest BCUT2D eigenvalue weighted by molar-refractivity contribution is -0.160. The van der Waals surface area contributed by atoms with Crippen molar-refractivity contribution in [3.63, 3.8) is 0 Å². The van der Waals surface area contributed by atoms with Crippen molar-refractivity contribution in [2.45, 2.75) is 44.2 Å².